The number of benzene rings is 1. The van der Waals surface area contributed by atoms with Crippen LogP contribution in [0.4, 0.5) is 18.9 Å². The average molecular weight is 408 g/mol. The second-order valence-electron chi connectivity index (χ2n) is 5.85. The van der Waals surface area contributed by atoms with E-state index in [1.54, 1.807) is 11.8 Å². The molecule has 2 fully saturated rings. The average Bonchev–Trinajstić information content (AvgIpc) is 2.97. The van der Waals surface area contributed by atoms with E-state index in [0.29, 0.717) is 10.9 Å². The number of amides is 1. The predicted octanol–water partition coefficient (Wildman–Crippen LogP) is 2.60. The number of hydrogen-bond acceptors (Lipinski definition) is 5. The van der Waals surface area contributed by atoms with E-state index in [1.165, 1.54) is 23.9 Å². The van der Waals surface area contributed by atoms with Gasteiger partial charge in [-0.25, -0.2) is 8.42 Å². The predicted molar refractivity (Wildman–Crippen MR) is 92.2 cm³/mol. The number of alkyl halides is 3. The van der Waals surface area contributed by atoms with Crippen LogP contribution < -0.4 is 9.64 Å². The van der Waals surface area contributed by atoms with E-state index in [-0.39, 0.29) is 34.8 Å². The summed E-state index contributed by atoms with van der Waals surface area (Å²) in [5, 5.41) is 0.0979. The molecule has 0 aliphatic carbocycles. The molecule has 6 nitrogen and oxygen atoms in total. The van der Waals surface area contributed by atoms with E-state index in [0.717, 1.165) is 12.1 Å². The number of carbonyl (C=O) groups excluding carboxylic acids is 1. The lowest BCUT2D eigenvalue weighted by atomic mass is 10.2. The largest absolute Gasteiger partial charge is 0.573 e. The second kappa shape index (κ2) is 6.76. The third-order valence-corrected chi connectivity index (χ3v) is 7.15. The number of ether oxygens (including phenoxy) is 1. The molecule has 0 bridgehead atoms. The third kappa shape index (κ3) is 4.14. The van der Waals surface area contributed by atoms with E-state index >= 15 is 0 Å². The Hall–Kier alpha value is -1.75. The van der Waals surface area contributed by atoms with Gasteiger partial charge in [-0.05, 0) is 24.3 Å². The fourth-order valence-electron chi connectivity index (χ4n) is 2.86. The Balaban J connectivity index is 1.92. The molecule has 2 saturated heterocycles. The van der Waals surface area contributed by atoms with Crippen LogP contribution in [-0.4, -0.2) is 48.7 Å². The van der Waals surface area contributed by atoms with Crippen molar-refractivity contribution >= 4 is 38.4 Å². The molecule has 2 heterocycles. The molecule has 1 amide bonds. The van der Waals surface area contributed by atoms with Crippen LogP contribution in [0.25, 0.3) is 0 Å². The Morgan fingerprint density at radius 1 is 1.31 bits per heavy atom. The van der Waals surface area contributed by atoms with Crippen molar-refractivity contribution in [1.29, 1.82) is 0 Å². The lowest BCUT2D eigenvalue weighted by molar-refractivity contribution is -0.274. The molecular weight excluding hydrogens is 393 g/mol. The summed E-state index contributed by atoms with van der Waals surface area (Å²) < 4.78 is 64.6. The van der Waals surface area contributed by atoms with E-state index in [4.69, 9.17) is 0 Å². The number of fused-ring (bicyclic) bond motifs is 1. The van der Waals surface area contributed by atoms with Gasteiger partial charge >= 0.3 is 6.36 Å². The molecule has 3 rings (SSSR count). The molecular formula is C15H15F3N2O4S2. The molecule has 1 aromatic rings. The number of aliphatic imine (C=N–C) groups is 1. The highest BCUT2D eigenvalue weighted by Crippen LogP contribution is 2.41. The van der Waals surface area contributed by atoms with Crippen molar-refractivity contribution < 1.29 is 31.1 Å². The van der Waals surface area contributed by atoms with E-state index in [9.17, 15) is 26.4 Å². The smallest absolute Gasteiger partial charge is 0.406 e. The molecule has 2 aliphatic rings. The SMILES string of the molecule is CCC(=O)N=C1S[C@@H]2CS(=O)(=O)C[C@@H]2N1c1ccc(OC(F)(F)F)cc1. The van der Waals surface area contributed by atoms with Crippen molar-refractivity contribution in [2.75, 3.05) is 16.4 Å². The Morgan fingerprint density at radius 3 is 2.54 bits per heavy atom. The molecule has 1 aromatic carbocycles. The molecule has 0 spiro atoms. The van der Waals surface area contributed by atoms with Crippen LogP contribution in [0.1, 0.15) is 13.3 Å². The summed E-state index contributed by atoms with van der Waals surface area (Å²) in [5.41, 5.74) is 0.458. The van der Waals surface area contributed by atoms with Gasteiger partial charge in [-0.15, -0.1) is 13.2 Å². The summed E-state index contributed by atoms with van der Waals surface area (Å²) in [6.45, 7) is 1.66. The maximum atomic E-state index is 12.3. The number of amidine groups is 1. The molecule has 2 atom stereocenters. The molecule has 0 N–H and O–H groups in total. The second-order valence-corrected chi connectivity index (χ2v) is 9.21. The van der Waals surface area contributed by atoms with Crippen LogP contribution in [0.5, 0.6) is 5.75 Å². The molecule has 2 aliphatic heterocycles. The van der Waals surface area contributed by atoms with Crippen molar-refractivity contribution in [3.05, 3.63) is 24.3 Å². The lowest BCUT2D eigenvalue weighted by Crippen LogP contribution is -2.37. The van der Waals surface area contributed by atoms with Crippen LogP contribution >= 0.6 is 11.8 Å². The van der Waals surface area contributed by atoms with Gasteiger partial charge in [0.15, 0.2) is 15.0 Å². The molecule has 0 saturated carbocycles. The Kier molecular flexibility index (Phi) is 4.95. The van der Waals surface area contributed by atoms with Gasteiger partial charge in [0.2, 0.25) is 5.91 Å². The summed E-state index contributed by atoms with van der Waals surface area (Å²) in [4.78, 5) is 17.4. The summed E-state index contributed by atoms with van der Waals surface area (Å²) in [6, 6.07) is 4.65. The first-order chi connectivity index (χ1) is 12.1. The first-order valence-electron chi connectivity index (χ1n) is 7.71. The maximum Gasteiger partial charge on any atom is 0.573 e. The molecule has 142 valence electrons. The van der Waals surface area contributed by atoms with Gasteiger partial charge in [0.25, 0.3) is 0 Å². The van der Waals surface area contributed by atoms with Crippen molar-refractivity contribution in [3.8, 4) is 5.75 Å². The van der Waals surface area contributed by atoms with Crippen molar-refractivity contribution in [1.82, 2.24) is 0 Å². The highest BCUT2D eigenvalue weighted by Gasteiger charge is 2.49. The number of thioether (sulfide) groups is 1. The minimum absolute atomic E-state index is 0.0204. The van der Waals surface area contributed by atoms with Crippen LogP contribution in [0.2, 0.25) is 0 Å². The zero-order valence-electron chi connectivity index (χ0n) is 13.6. The van der Waals surface area contributed by atoms with Crippen LogP contribution in [-0.2, 0) is 14.6 Å². The number of nitrogens with zero attached hydrogens (tertiary/aromatic N) is 2. The number of rotatable bonds is 3. The van der Waals surface area contributed by atoms with E-state index < -0.39 is 22.2 Å². The molecule has 11 heteroatoms. The minimum Gasteiger partial charge on any atom is -0.406 e. The zero-order valence-corrected chi connectivity index (χ0v) is 15.2. The number of anilines is 1. The van der Waals surface area contributed by atoms with Crippen LogP contribution in [0.15, 0.2) is 29.3 Å². The third-order valence-electron chi connectivity index (χ3n) is 3.94. The maximum absolute atomic E-state index is 12.3. The number of halogens is 3. The van der Waals surface area contributed by atoms with Gasteiger partial charge in [-0.1, -0.05) is 18.7 Å². The highest BCUT2D eigenvalue weighted by molar-refractivity contribution is 8.16. The van der Waals surface area contributed by atoms with Gasteiger partial charge in [0.1, 0.15) is 5.75 Å². The Morgan fingerprint density at radius 2 is 1.96 bits per heavy atom. The Bertz CT molecular complexity index is 837. The number of carbonyl (C=O) groups is 1. The van der Waals surface area contributed by atoms with Crippen molar-refractivity contribution in [3.63, 3.8) is 0 Å². The van der Waals surface area contributed by atoms with Crippen molar-refractivity contribution in [2.24, 2.45) is 4.99 Å². The van der Waals surface area contributed by atoms with Gasteiger partial charge in [0.05, 0.1) is 17.5 Å². The summed E-state index contributed by atoms with van der Waals surface area (Å²) in [7, 11) is -3.21. The summed E-state index contributed by atoms with van der Waals surface area (Å²) in [5.74, 6) is -0.845. The van der Waals surface area contributed by atoms with Gasteiger partial charge in [-0.3, -0.25) is 4.79 Å². The minimum atomic E-state index is -4.80. The van der Waals surface area contributed by atoms with Crippen LogP contribution in [0, 0.1) is 0 Å². The zero-order chi connectivity index (χ0) is 19.1. The van der Waals surface area contributed by atoms with Crippen LogP contribution in [0.3, 0.4) is 0 Å². The molecule has 26 heavy (non-hydrogen) atoms. The topological polar surface area (TPSA) is 76.0 Å². The van der Waals surface area contributed by atoms with Gasteiger partial charge in [0, 0.05) is 17.4 Å². The summed E-state index contributed by atoms with van der Waals surface area (Å²) >= 11 is 1.21. The quantitative estimate of drug-likeness (QED) is 0.765. The lowest BCUT2D eigenvalue weighted by Gasteiger charge is -2.24. The first-order valence-corrected chi connectivity index (χ1v) is 10.4. The number of sulfone groups is 1. The first kappa shape index (κ1) is 19.0. The van der Waals surface area contributed by atoms with Gasteiger partial charge in [-0.2, -0.15) is 4.99 Å². The number of hydrogen-bond donors (Lipinski definition) is 0. The highest BCUT2D eigenvalue weighted by atomic mass is 32.2. The van der Waals surface area contributed by atoms with E-state index in [1.807, 2.05) is 0 Å². The molecule has 0 aromatic heterocycles. The van der Waals surface area contributed by atoms with Gasteiger partial charge < -0.3 is 9.64 Å². The standard InChI is InChI=1S/C15H15F3N2O4S2/c1-2-13(21)19-14-20(11-7-26(22,23)8-12(11)25-14)9-3-5-10(6-4-9)24-15(16,17)18/h3-6,11-12H,2,7-8H2,1H3/t11-,12+/m0/s1. The molecule has 0 radical (unpaired) electrons. The fourth-order valence-corrected chi connectivity index (χ4v) is 6.79. The monoisotopic (exact) mass is 408 g/mol. The normalized spacial score (nSPS) is 26.2. The van der Waals surface area contributed by atoms with Crippen molar-refractivity contribution in [2.45, 2.75) is 31.0 Å². The fraction of sp³-hybridized carbons (Fsp3) is 0.467. The Labute approximate surface area is 152 Å². The van der Waals surface area contributed by atoms with E-state index in [2.05, 4.69) is 9.73 Å². The summed E-state index contributed by atoms with van der Waals surface area (Å²) in [6.07, 6.45) is -4.60. The molecule has 0 unspecified atom stereocenters.